The predicted molar refractivity (Wildman–Crippen MR) is 295 cm³/mol. The van der Waals surface area contributed by atoms with Crippen molar-refractivity contribution in [2.24, 2.45) is 17.8 Å². The lowest BCUT2D eigenvalue weighted by atomic mass is 9.79. The average molecular weight is 1040 g/mol. The molecule has 0 aromatic heterocycles. The van der Waals surface area contributed by atoms with Gasteiger partial charge in [-0.3, -0.25) is 4.79 Å². The van der Waals surface area contributed by atoms with Crippen LogP contribution >= 0.6 is 0 Å². The number of hydrogen-bond acceptors (Lipinski definition) is 9. The molecule has 10 rings (SSSR count). The highest BCUT2D eigenvalue weighted by atomic mass is 19.4. The highest BCUT2D eigenvalue weighted by Gasteiger charge is 2.64. The summed E-state index contributed by atoms with van der Waals surface area (Å²) in [5.41, 5.74) is 0.267. The number of carbonyl (C=O) groups excluding carboxylic acids is 1. The minimum absolute atomic E-state index is 0.0169. The van der Waals surface area contributed by atoms with Crippen LogP contribution in [0.25, 0.3) is 28.0 Å². The highest BCUT2D eigenvalue weighted by molar-refractivity contribution is 6.10. The molecule has 12 heteroatoms. The number of rotatable bonds is 18. The van der Waals surface area contributed by atoms with E-state index in [1.54, 1.807) is 45.6 Å². The Labute approximate surface area is 445 Å². The number of nitrogens with zero attached hydrogens (tertiary/aromatic N) is 2. The molecule has 9 nitrogen and oxygen atoms in total. The molecule has 6 aromatic carbocycles. The monoisotopic (exact) mass is 1040 g/mol. The van der Waals surface area contributed by atoms with Gasteiger partial charge >= 0.3 is 12.1 Å². The normalized spacial score (nSPS) is 20.1. The number of benzene rings is 6. The van der Waals surface area contributed by atoms with E-state index in [0.717, 1.165) is 61.2 Å². The van der Waals surface area contributed by atoms with E-state index in [9.17, 15) is 4.79 Å². The second-order valence-corrected chi connectivity index (χ2v) is 21.3. The van der Waals surface area contributed by atoms with Crippen molar-refractivity contribution >= 4 is 34.2 Å². The Hall–Kier alpha value is -6.66. The van der Waals surface area contributed by atoms with Crippen molar-refractivity contribution in [1.82, 2.24) is 0 Å². The van der Waals surface area contributed by atoms with Crippen molar-refractivity contribution in [2.75, 3.05) is 64.4 Å². The van der Waals surface area contributed by atoms with Gasteiger partial charge in [0.1, 0.15) is 28.7 Å². The lowest BCUT2D eigenvalue weighted by Gasteiger charge is -2.40. The number of methoxy groups -OCH3 is 4. The third-order valence-electron chi connectivity index (χ3n) is 16.8. The Morgan fingerprint density at radius 1 is 0.724 bits per heavy atom. The van der Waals surface area contributed by atoms with E-state index < -0.39 is 17.4 Å². The first-order chi connectivity index (χ1) is 36.9. The van der Waals surface area contributed by atoms with Crippen LogP contribution < -0.4 is 33.5 Å². The topological polar surface area (TPSA) is 78.9 Å². The third kappa shape index (κ3) is 9.75. The molecule has 4 aliphatic rings. The van der Waals surface area contributed by atoms with E-state index in [0.29, 0.717) is 77.0 Å². The minimum Gasteiger partial charge on any atom is -0.497 e. The molecule has 2 aliphatic carbocycles. The van der Waals surface area contributed by atoms with Gasteiger partial charge in [-0.2, -0.15) is 13.2 Å². The highest BCUT2D eigenvalue weighted by Crippen LogP contribution is 2.63. The van der Waals surface area contributed by atoms with Gasteiger partial charge < -0.3 is 38.2 Å². The van der Waals surface area contributed by atoms with Gasteiger partial charge in [0, 0.05) is 72.2 Å². The molecule has 2 atom stereocenters. The summed E-state index contributed by atoms with van der Waals surface area (Å²) in [6, 6.07) is 33.3. The van der Waals surface area contributed by atoms with E-state index in [4.69, 9.17) is 28.4 Å². The van der Waals surface area contributed by atoms with Crippen molar-refractivity contribution in [3.05, 3.63) is 143 Å². The van der Waals surface area contributed by atoms with Crippen LogP contribution in [-0.4, -0.2) is 66.8 Å². The van der Waals surface area contributed by atoms with Crippen LogP contribution in [0.2, 0.25) is 0 Å². The Morgan fingerprint density at radius 3 is 1.95 bits per heavy atom. The molecule has 1 saturated heterocycles. The molecule has 2 fully saturated rings. The fourth-order valence-electron chi connectivity index (χ4n) is 12.6. The fraction of sp³-hybridized carbons (Fsp3) is 0.422. The number of alkyl halides is 3. The van der Waals surface area contributed by atoms with Gasteiger partial charge in [-0.25, -0.2) is 0 Å². The number of fused-ring (bicyclic) bond motifs is 8. The quantitative estimate of drug-likeness (QED) is 0.0475. The van der Waals surface area contributed by atoms with Gasteiger partial charge in [0.05, 0.1) is 32.9 Å². The molecule has 76 heavy (non-hydrogen) atoms. The second kappa shape index (κ2) is 22.1. The van der Waals surface area contributed by atoms with Crippen molar-refractivity contribution < 1.29 is 46.4 Å². The molecule has 0 N–H and O–H groups in total. The predicted octanol–water partition coefficient (Wildman–Crippen LogP) is 15.1. The lowest BCUT2D eigenvalue weighted by molar-refractivity contribution is -0.256. The summed E-state index contributed by atoms with van der Waals surface area (Å²) in [4.78, 5) is 17.9. The Kier molecular flexibility index (Phi) is 15.4. The molecule has 0 amide bonds. The number of anilines is 2. The van der Waals surface area contributed by atoms with Crippen LogP contribution in [0.15, 0.2) is 115 Å². The standard InChI is InChI=1S/C64H71F3N2O7/c1-7-8-9-13-42(2)14-12-15-43-18-20-44(21-19-43)61(70)75-50-32-26-47(27-33-50)68-36-38-69(39-37-68)56-40-53-54(41-57(56)73-5)60-52(59-58(53)51-16-10-11-17-55(51)63(59,74-6)64(65,66)67)34-35-62(76-60,45-22-28-48(71-3)29-23-45)46-24-30-49(72-4)31-25-46/h10-11,16-17,22-35,40-44H,7-9,12-15,18-21,36-39H2,1-6H3. The molecule has 0 bridgehead atoms. The maximum Gasteiger partial charge on any atom is 0.426 e. The van der Waals surface area contributed by atoms with Crippen LogP contribution in [0, 0.1) is 17.8 Å². The van der Waals surface area contributed by atoms with Gasteiger partial charge in [-0.1, -0.05) is 113 Å². The maximum atomic E-state index is 16.2. The maximum absolute atomic E-state index is 16.2. The summed E-state index contributed by atoms with van der Waals surface area (Å²) >= 11 is 0. The molecule has 2 aliphatic heterocycles. The van der Waals surface area contributed by atoms with E-state index in [-0.39, 0.29) is 34.3 Å². The zero-order valence-corrected chi connectivity index (χ0v) is 44.8. The summed E-state index contributed by atoms with van der Waals surface area (Å²) in [5.74, 6) is 3.97. The van der Waals surface area contributed by atoms with Gasteiger partial charge in [0.25, 0.3) is 0 Å². The van der Waals surface area contributed by atoms with E-state index in [2.05, 4.69) is 23.6 Å². The number of carbonyl (C=O) groups is 1. The number of piperazine rings is 1. The van der Waals surface area contributed by atoms with Gasteiger partial charge in [-0.15, -0.1) is 0 Å². The van der Waals surface area contributed by atoms with Crippen molar-refractivity contribution in [3.63, 3.8) is 0 Å². The van der Waals surface area contributed by atoms with E-state index in [1.807, 2.05) is 91.0 Å². The van der Waals surface area contributed by atoms with Crippen molar-refractivity contribution in [2.45, 2.75) is 102 Å². The summed E-state index contributed by atoms with van der Waals surface area (Å²) in [6.07, 6.45) is 11.8. The molecule has 2 heterocycles. The number of ether oxygens (including phenoxy) is 6. The smallest absolute Gasteiger partial charge is 0.426 e. The van der Waals surface area contributed by atoms with Gasteiger partial charge in [0.2, 0.25) is 5.60 Å². The number of hydrogen-bond donors (Lipinski definition) is 0. The van der Waals surface area contributed by atoms with Crippen molar-refractivity contribution in [3.8, 4) is 39.9 Å². The van der Waals surface area contributed by atoms with Gasteiger partial charge in [0.15, 0.2) is 5.60 Å². The lowest BCUT2D eigenvalue weighted by Crippen LogP contribution is -2.46. The van der Waals surface area contributed by atoms with Crippen LogP contribution in [0.1, 0.15) is 112 Å². The largest absolute Gasteiger partial charge is 0.497 e. The second-order valence-electron chi connectivity index (χ2n) is 21.3. The first-order valence-corrected chi connectivity index (χ1v) is 27.3. The molecular weight excluding hydrogens is 966 g/mol. The molecule has 0 spiro atoms. The van der Waals surface area contributed by atoms with Gasteiger partial charge in [-0.05, 0) is 121 Å². The van der Waals surface area contributed by atoms with Crippen LogP contribution in [0.3, 0.4) is 0 Å². The summed E-state index contributed by atoms with van der Waals surface area (Å²) in [7, 11) is 5.94. The van der Waals surface area contributed by atoms with Crippen molar-refractivity contribution in [1.29, 1.82) is 0 Å². The van der Waals surface area contributed by atoms with Crippen LogP contribution in [-0.2, 0) is 20.7 Å². The molecule has 0 radical (unpaired) electrons. The summed E-state index contributed by atoms with van der Waals surface area (Å²) < 4.78 is 85.1. The number of esters is 1. The minimum atomic E-state index is -4.87. The number of halogens is 3. The summed E-state index contributed by atoms with van der Waals surface area (Å²) in [6.45, 7) is 7.18. The Bertz CT molecular complexity index is 2980. The Morgan fingerprint density at radius 2 is 1.34 bits per heavy atom. The van der Waals surface area contributed by atoms with Crippen LogP contribution in [0.5, 0.6) is 28.7 Å². The summed E-state index contributed by atoms with van der Waals surface area (Å²) in [5, 5.41) is 1.17. The van der Waals surface area contributed by atoms with Crippen LogP contribution in [0.4, 0.5) is 24.5 Å². The van der Waals surface area contributed by atoms with E-state index in [1.165, 1.54) is 51.0 Å². The third-order valence-corrected chi connectivity index (χ3v) is 16.8. The van der Waals surface area contributed by atoms with E-state index >= 15 is 13.2 Å². The zero-order chi connectivity index (χ0) is 53.2. The first kappa shape index (κ1) is 52.8. The number of unbranched alkanes of at least 4 members (excludes halogenated alkanes) is 2. The molecule has 6 aromatic rings. The first-order valence-electron chi connectivity index (χ1n) is 27.3. The molecule has 400 valence electrons. The fourth-order valence-corrected chi connectivity index (χ4v) is 12.6. The molecular formula is C64H71F3N2O7. The molecule has 2 unspecified atom stereocenters. The zero-order valence-electron chi connectivity index (χ0n) is 44.8. The average Bonchev–Trinajstić information content (AvgIpc) is 4.01. The molecule has 1 saturated carbocycles. The SMILES string of the molecule is CCCCCC(C)CCCC1CCC(C(=O)Oc2ccc(N3CCN(c4cc5c6c(c7c(c5cc4OC)OC(c4ccc(OC)cc4)(c4ccc(OC)cc4)C=C7)C(OC)(C(F)(F)F)c4ccccc4-6)CC3)cc2)CC1. The Balaban J connectivity index is 0.923.